The van der Waals surface area contributed by atoms with Gasteiger partial charge in [0.2, 0.25) is 5.91 Å². The maximum atomic E-state index is 12.7. The Morgan fingerprint density at radius 3 is 2.59 bits per heavy atom. The minimum absolute atomic E-state index is 0.00576. The van der Waals surface area contributed by atoms with Crippen LogP contribution in [-0.4, -0.2) is 48.8 Å². The summed E-state index contributed by atoms with van der Waals surface area (Å²) in [5, 5.41) is 9.26. The molecule has 0 saturated carbocycles. The van der Waals surface area contributed by atoms with E-state index < -0.39 is 0 Å². The number of carbonyl (C=O) groups excluding carboxylic acids is 1. The Morgan fingerprint density at radius 1 is 1.27 bits per heavy atom. The number of nitrogens with zero attached hydrogens (tertiary/aromatic N) is 1. The van der Waals surface area contributed by atoms with Crippen LogP contribution in [0.5, 0.6) is 0 Å². The van der Waals surface area contributed by atoms with Crippen LogP contribution in [0.15, 0.2) is 30.3 Å². The predicted octanol–water partition coefficient (Wildman–Crippen LogP) is 2.11. The summed E-state index contributed by atoms with van der Waals surface area (Å²) in [4.78, 5) is 14.5. The first-order valence-corrected chi connectivity index (χ1v) is 8.23. The lowest BCUT2D eigenvalue weighted by molar-refractivity contribution is -0.138. The van der Waals surface area contributed by atoms with Crippen LogP contribution in [0.4, 0.5) is 0 Å². The van der Waals surface area contributed by atoms with Crippen molar-refractivity contribution in [3.05, 3.63) is 35.9 Å². The first kappa shape index (κ1) is 17.0. The average molecular weight is 305 g/mol. The molecular formula is C18H27NO3. The number of aliphatic hydroxyl groups is 1. The van der Waals surface area contributed by atoms with E-state index in [0.29, 0.717) is 19.0 Å². The number of hydrogen-bond donors (Lipinski definition) is 1. The van der Waals surface area contributed by atoms with Gasteiger partial charge in [-0.25, -0.2) is 0 Å². The monoisotopic (exact) mass is 305 g/mol. The second kappa shape index (κ2) is 8.91. The van der Waals surface area contributed by atoms with Crippen LogP contribution in [0.1, 0.15) is 25.3 Å². The molecule has 0 spiro atoms. The molecule has 1 atom stereocenters. The van der Waals surface area contributed by atoms with E-state index in [-0.39, 0.29) is 18.4 Å². The van der Waals surface area contributed by atoms with Gasteiger partial charge < -0.3 is 14.7 Å². The van der Waals surface area contributed by atoms with E-state index >= 15 is 0 Å². The van der Waals surface area contributed by atoms with Crippen LogP contribution in [0, 0.1) is 11.8 Å². The summed E-state index contributed by atoms with van der Waals surface area (Å²) in [5.41, 5.74) is 1.22. The summed E-state index contributed by atoms with van der Waals surface area (Å²) < 4.78 is 5.38. The van der Waals surface area contributed by atoms with Crippen molar-refractivity contribution in [3.8, 4) is 0 Å². The van der Waals surface area contributed by atoms with Gasteiger partial charge in [-0.15, -0.1) is 0 Å². The van der Waals surface area contributed by atoms with E-state index in [4.69, 9.17) is 4.74 Å². The zero-order chi connectivity index (χ0) is 15.8. The lowest BCUT2D eigenvalue weighted by atomic mass is 9.86. The quantitative estimate of drug-likeness (QED) is 0.839. The van der Waals surface area contributed by atoms with Crippen molar-refractivity contribution in [1.82, 2.24) is 4.90 Å². The van der Waals surface area contributed by atoms with Crippen LogP contribution >= 0.6 is 0 Å². The Bertz CT molecular complexity index is 443. The zero-order valence-corrected chi connectivity index (χ0v) is 13.4. The third kappa shape index (κ3) is 4.82. The van der Waals surface area contributed by atoms with E-state index in [1.165, 1.54) is 5.56 Å². The Labute approximate surface area is 133 Å². The molecule has 1 aromatic rings. The van der Waals surface area contributed by atoms with Gasteiger partial charge in [0, 0.05) is 32.2 Å². The van der Waals surface area contributed by atoms with E-state index in [2.05, 4.69) is 12.1 Å². The molecule has 1 aliphatic heterocycles. The van der Waals surface area contributed by atoms with Crippen LogP contribution < -0.4 is 0 Å². The maximum absolute atomic E-state index is 12.7. The summed E-state index contributed by atoms with van der Waals surface area (Å²) in [6, 6.07) is 10.2. The molecule has 1 amide bonds. The predicted molar refractivity (Wildman–Crippen MR) is 86.5 cm³/mol. The highest BCUT2D eigenvalue weighted by atomic mass is 16.5. The number of aliphatic hydroxyl groups excluding tert-OH is 1. The average Bonchev–Trinajstić information content (AvgIpc) is 2.59. The van der Waals surface area contributed by atoms with Crippen LogP contribution in [0.3, 0.4) is 0 Å². The normalized spacial score (nSPS) is 17.2. The van der Waals surface area contributed by atoms with Gasteiger partial charge in [0.05, 0.1) is 6.61 Å². The molecule has 4 nitrogen and oxygen atoms in total. The van der Waals surface area contributed by atoms with E-state index in [9.17, 15) is 9.90 Å². The van der Waals surface area contributed by atoms with Crippen molar-refractivity contribution in [3.63, 3.8) is 0 Å². The molecule has 2 rings (SSSR count). The highest BCUT2D eigenvalue weighted by Gasteiger charge is 2.28. The summed E-state index contributed by atoms with van der Waals surface area (Å²) in [6.07, 6.45) is 2.74. The molecule has 0 radical (unpaired) electrons. The minimum Gasteiger partial charge on any atom is -0.395 e. The Kier molecular flexibility index (Phi) is 6.87. The van der Waals surface area contributed by atoms with Crippen LogP contribution in [-0.2, 0) is 16.0 Å². The van der Waals surface area contributed by atoms with Gasteiger partial charge in [0.25, 0.3) is 0 Å². The molecule has 0 aliphatic carbocycles. The molecule has 1 aromatic carbocycles. The standard InChI is InChI=1S/C18H27NO3/c1-15(17-8-13-22-14-9-17)18(21)19(11-12-20)10-7-16-5-3-2-4-6-16/h2-6,15,17,20H,7-14H2,1H3. The fourth-order valence-electron chi connectivity index (χ4n) is 3.07. The van der Waals surface area contributed by atoms with E-state index in [1.807, 2.05) is 30.0 Å². The molecule has 1 saturated heterocycles. The number of ether oxygens (including phenoxy) is 1. The van der Waals surface area contributed by atoms with Crippen molar-refractivity contribution in [2.24, 2.45) is 11.8 Å². The van der Waals surface area contributed by atoms with Crippen molar-refractivity contribution in [2.45, 2.75) is 26.2 Å². The molecule has 1 heterocycles. The fourth-order valence-corrected chi connectivity index (χ4v) is 3.07. The first-order chi connectivity index (χ1) is 10.7. The van der Waals surface area contributed by atoms with E-state index in [1.54, 1.807) is 0 Å². The molecule has 122 valence electrons. The van der Waals surface area contributed by atoms with Gasteiger partial charge in [0.15, 0.2) is 0 Å². The molecule has 4 heteroatoms. The summed E-state index contributed by atoms with van der Waals surface area (Å²) in [5.74, 6) is 0.572. The van der Waals surface area contributed by atoms with E-state index in [0.717, 1.165) is 32.5 Å². The van der Waals surface area contributed by atoms with Crippen molar-refractivity contribution < 1.29 is 14.6 Å². The molecule has 0 aromatic heterocycles. The van der Waals surface area contributed by atoms with Gasteiger partial charge in [-0.3, -0.25) is 4.79 Å². The third-order valence-electron chi connectivity index (χ3n) is 4.56. The molecule has 1 aliphatic rings. The van der Waals surface area contributed by atoms with Gasteiger partial charge in [-0.1, -0.05) is 37.3 Å². The SMILES string of the molecule is CC(C(=O)N(CCO)CCc1ccccc1)C1CCOCC1. The number of benzene rings is 1. The number of rotatable bonds is 7. The van der Waals surface area contributed by atoms with Crippen molar-refractivity contribution >= 4 is 5.91 Å². The van der Waals surface area contributed by atoms with Crippen LogP contribution in [0.25, 0.3) is 0 Å². The van der Waals surface area contributed by atoms with Crippen LogP contribution in [0.2, 0.25) is 0 Å². The van der Waals surface area contributed by atoms with Gasteiger partial charge in [-0.05, 0) is 30.7 Å². The Balaban J connectivity index is 1.92. The minimum atomic E-state index is 0.00576. The maximum Gasteiger partial charge on any atom is 0.225 e. The summed E-state index contributed by atoms with van der Waals surface area (Å²) in [7, 11) is 0. The second-order valence-corrected chi connectivity index (χ2v) is 6.02. The lowest BCUT2D eigenvalue weighted by Gasteiger charge is -2.31. The van der Waals surface area contributed by atoms with Crippen molar-refractivity contribution in [1.29, 1.82) is 0 Å². The Morgan fingerprint density at radius 2 is 1.95 bits per heavy atom. The second-order valence-electron chi connectivity index (χ2n) is 6.02. The van der Waals surface area contributed by atoms with Gasteiger partial charge in [0.1, 0.15) is 0 Å². The molecule has 1 fully saturated rings. The number of hydrogen-bond acceptors (Lipinski definition) is 3. The smallest absolute Gasteiger partial charge is 0.225 e. The fraction of sp³-hybridized carbons (Fsp3) is 0.611. The topological polar surface area (TPSA) is 49.8 Å². The van der Waals surface area contributed by atoms with Crippen molar-refractivity contribution in [2.75, 3.05) is 32.9 Å². The highest BCUT2D eigenvalue weighted by Crippen LogP contribution is 2.25. The molecule has 1 unspecified atom stereocenters. The summed E-state index contributed by atoms with van der Waals surface area (Å²) in [6.45, 7) is 4.63. The first-order valence-electron chi connectivity index (χ1n) is 8.23. The molecular weight excluding hydrogens is 278 g/mol. The zero-order valence-electron chi connectivity index (χ0n) is 13.4. The molecule has 0 bridgehead atoms. The highest BCUT2D eigenvalue weighted by molar-refractivity contribution is 5.78. The molecule has 1 N–H and O–H groups in total. The van der Waals surface area contributed by atoms with Gasteiger partial charge >= 0.3 is 0 Å². The molecule has 22 heavy (non-hydrogen) atoms. The Hall–Kier alpha value is -1.39. The third-order valence-corrected chi connectivity index (χ3v) is 4.56. The lowest BCUT2D eigenvalue weighted by Crippen LogP contribution is -2.41. The largest absolute Gasteiger partial charge is 0.395 e. The number of carbonyl (C=O) groups is 1. The summed E-state index contributed by atoms with van der Waals surface area (Å²) >= 11 is 0. The number of amides is 1. The van der Waals surface area contributed by atoms with Gasteiger partial charge in [-0.2, -0.15) is 0 Å².